The van der Waals surface area contributed by atoms with Crippen LogP contribution in [0.4, 0.5) is 5.69 Å². The molecule has 3 heterocycles. The van der Waals surface area contributed by atoms with Crippen molar-refractivity contribution in [1.29, 1.82) is 0 Å². The topological polar surface area (TPSA) is 89.1 Å². The second kappa shape index (κ2) is 3.44. The summed E-state index contributed by atoms with van der Waals surface area (Å²) in [7, 11) is 0. The van der Waals surface area contributed by atoms with Crippen LogP contribution < -0.4 is 11.3 Å². The van der Waals surface area contributed by atoms with Crippen LogP contribution >= 0.6 is 0 Å². The largest absolute Gasteiger partial charge is 0.398 e. The van der Waals surface area contributed by atoms with Gasteiger partial charge in [0.2, 0.25) is 5.56 Å². The van der Waals surface area contributed by atoms with Crippen molar-refractivity contribution in [3.8, 4) is 11.4 Å². The van der Waals surface area contributed by atoms with Crippen molar-refractivity contribution < 1.29 is 0 Å². The Morgan fingerprint density at radius 2 is 2.06 bits per heavy atom. The zero-order valence-corrected chi connectivity index (χ0v) is 8.79. The maximum atomic E-state index is 11.0. The van der Waals surface area contributed by atoms with Crippen LogP contribution in [0.2, 0.25) is 0 Å². The van der Waals surface area contributed by atoms with Crippen molar-refractivity contribution in [2.75, 3.05) is 5.73 Å². The van der Waals surface area contributed by atoms with Crippen LogP contribution in [0.1, 0.15) is 0 Å². The molecule has 0 aliphatic carbocycles. The number of nitrogens with one attached hydrogen (secondary N) is 1. The Hall–Kier alpha value is -2.63. The van der Waals surface area contributed by atoms with Gasteiger partial charge in [0.15, 0.2) is 11.5 Å². The molecule has 0 aliphatic rings. The van der Waals surface area contributed by atoms with Crippen molar-refractivity contribution in [3.63, 3.8) is 0 Å². The Morgan fingerprint density at radius 1 is 1.18 bits per heavy atom. The normalized spacial score (nSPS) is 10.8. The number of H-pyrrole nitrogens is 1. The molecule has 17 heavy (non-hydrogen) atoms. The van der Waals surface area contributed by atoms with E-state index in [1.54, 1.807) is 35.0 Å². The van der Waals surface area contributed by atoms with Gasteiger partial charge in [0.05, 0.1) is 0 Å². The molecule has 0 fully saturated rings. The summed E-state index contributed by atoms with van der Waals surface area (Å²) in [6, 6.07) is 6.69. The summed E-state index contributed by atoms with van der Waals surface area (Å²) < 4.78 is 1.78. The third-order valence-electron chi connectivity index (χ3n) is 2.47. The highest BCUT2D eigenvalue weighted by Crippen LogP contribution is 2.17. The SMILES string of the molecule is Nc1ccc2nnc(-c3ccc(=O)[nH]c3)n2c1. The van der Waals surface area contributed by atoms with Crippen molar-refractivity contribution >= 4 is 11.3 Å². The lowest BCUT2D eigenvalue weighted by atomic mass is 10.2. The number of hydrogen-bond acceptors (Lipinski definition) is 4. The second-order valence-electron chi connectivity index (χ2n) is 3.66. The van der Waals surface area contributed by atoms with Gasteiger partial charge >= 0.3 is 0 Å². The zero-order chi connectivity index (χ0) is 11.8. The third kappa shape index (κ3) is 1.55. The van der Waals surface area contributed by atoms with Crippen molar-refractivity contribution in [1.82, 2.24) is 19.6 Å². The number of rotatable bonds is 1. The summed E-state index contributed by atoms with van der Waals surface area (Å²) >= 11 is 0. The van der Waals surface area contributed by atoms with Gasteiger partial charge in [0.1, 0.15) is 0 Å². The van der Waals surface area contributed by atoms with E-state index in [4.69, 9.17) is 5.73 Å². The fourth-order valence-electron chi connectivity index (χ4n) is 1.65. The maximum absolute atomic E-state index is 11.0. The van der Waals surface area contributed by atoms with Gasteiger partial charge in [0, 0.05) is 29.7 Å². The Bertz CT molecular complexity index is 722. The molecule has 3 aromatic rings. The van der Waals surface area contributed by atoms with Crippen LogP contribution in [-0.4, -0.2) is 19.6 Å². The van der Waals surface area contributed by atoms with Crippen molar-refractivity contribution in [3.05, 3.63) is 47.0 Å². The molecule has 0 spiro atoms. The minimum Gasteiger partial charge on any atom is -0.398 e. The fourth-order valence-corrected chi connectivity index (χ4v) is 1.65. The quantitative estimate of drug-likeness (QED) is 0.639. The first-order valence-corrected chi connectivity index (χ1v) is 5.03. The first kappa shape index (κ1) is 9.59. The molecule has 0 aromatic carbocycles. The van der Waals surface area contributed by atoms with Gasteiger partial charge in [-0.15, -0.1) is 10.2 Å². The average molecular weight is 227 g/mol. The Kier molecular flexibility index (Phi) is 1.94. The molecule has 6 heteroatoms. The van der Waals surface area contributed by atoms with Gasteiger partial charge in [-0.25, -0.2) is 0 Å². The molecule has 0 saturated carbocycles. The summed E-state index contributed by atoms with van der Waals surface area (Å²) in [6.07, 6.45) is 3.34. The molecule has 3 aromatic heterocycles. The molecular formula is C11H9N5O. The standard InChI is InChI=1S/C11H9N5O/c12-8-2-3-9-14-15-11(16(9)6-8)7-1-4-10(17)13-5-7/h1-6H,12H2,(H,13,17). The van der Waals surface area contributed by atoms with E-state index in [0.717, 1.165) is 5.56 Å². The fraction of sp³-hybridized carbons (Fsp3) is 0. The number of aromatic nitrogens is 4. The van der Waals surface area contributed by atoms with Gasteiger partial charge in [-0.05, 0) is 18.2 Å². The van der Waals surface area contributed by atoms with Gasteiger partial charge in [-0.2, -0.15) is 0 Å². The first-order chi connectivity index (χ1) is 8.24. The second-order valence-corrected chi connectivity index (χ2v) is 3.66. The smallest absolute Gasteiger partial charge is 0.247 e. The molecule has 0 aliphatic heterocycles. The number of aromatic amines is 1. The lowest BCUT2D eigenvalue weighted by molar-refractivity contribution is 1.10. The predicted octanol–water partition coefficient (Wildman–Crippen LogP) is 0.667. The summed E-state index contributed by atoms with van der Waals surface area (Å²) in [4.78, 5) is 13.6. The number of hydrogen-bond donors (Lipinski definition) is 2. The molecule has 0 unspecified atom stereocenters. The third-order valence-corrected chi connectivity index (χ3v) is 2.47. The highest BCUT2D eigenvalue weighted by molar-refractivity contribution is 5.60. The molecule has 0 bridgehead atoms. The number of nitrogen functional groups attached to an aromatic ring is 1. The summed E-state index contributed by atoms with van der Waals surface area (Å²) in [5, 5.41) is 8.10. The number of fused-ring (bicyclic) bond motifs is 1. The van der Waals surface area contributed by atoms with E-state index in [9.17, 15) is 4.79 Å². The van der Waals surface area contributed by atoms with Crippen LogP contribution in [0.15, 0.2) is 41.5 Å². The minimum atomic E-state index is -0.151. The van der Waals surface area contributed by atoms with Crippen LogP contribution in [0.25, 0.3) is 17.0 Å². The lowest BCUT2D eigenvalue weighted by Crippen LogP contribution is -2.02. The molecule has 0 amide bonds. The molecular weight excluding hydrogens is 218 g/mol. The highest BCUT2D eigenvalue weighted by atomic mass is 16.1. The Labute approximate surface area is 95.7 Å². The first-order valence-electron chi connectivity index (χ1n) is 5.03. The summed E-state index contributed by atoms with van der Waals surface area (Å²) in [6.45, 7) is 0. The van der Waals surface area contributed by atoms with E-state index in [2.05, 4.69) is 15.2 Å². The molecule has 0 radical (unpaired) electrons. The Morgan fingerprint density at radius 3 is 2.82 bits per heavy atom. The zero-order valence-electron chi connectivity index (χ0n) is 8.79. The van der Waals surface area contributed by atoms with E-state index in [1.807, 2.05) is 0 Å². The van der Waals surface area contributed by atoms with Crippen LogP contribution in [-0.2, 0) is 0 Å². The van der Waals surface area contributed by atoms with Crippen LogP contribution in [0.5, 0.6) is 0 Å². The van der Waals surface area contributed by atoms with Gasteiger partial charge in [-0.1, -0.05) is 0 Å². The highest BCUT2D eigenvalue weighted by Gasteiger charge is 2.07. The van der Waals surface area contributed by atoms with E-state index >= 15 is 0 Å². The van der Waals surface area contributed by atoms with Gasteiger partial charge in [-0.3, -0.25) is 9.20 Å². The van der Waals surface area contributed by atoms with Crippen molar-refractivity contribution in [2.45, 2.75) is 0 Å². The molecule has 84 valence electrons. The summed E-state index contributed by atoms with van der Waals surface area (Å²) in [5.74, 6) is 0.642. The average Bonchev–Trinajstić information content (AvgIpc) is 2.73. The van der Waals surface area contributed by atoms with E-state index in [1.165, 1.54) is 6.07 Å². The van der Waals surface area contributed by atoms with Gasteiger partial charge < -0.3 is 10.7 Å². The maximum Gasteiger partial charge on any atom is 0.247 e. The predicted molar refractivity (Wildman–Crippen MR) is 63.5 cm³/mol. The van der Waals surface area contributed by atoms with E-state index < -0.39 is 0 Å². The number of anilines is 1. The molecule has 3 N–H and O–H groups in total. The molecule has 6 nitrogen and oxygen atoms in total. The minimum absolute atomic E-state index is 0.151. The Balaban J connectivity index is 2.26. The van der Waals surface area contributed by atoms with Crippen molar-refractivity contribution in [2.24, 2.45) is 0 Å². The molecule has 0 saturated heterocycles. The van der Waals surface area contributed by atoms with Crippen LogP contribution in [0, 0.1) is 0 Å². The van der Waals surface area contributed by atoms with E-state index in [-0.39, 0.29) is 5.56 Å². The van der Waals surface area contributed by atoms with E-state index in [0.29, 0.717) is 17.2 Å². The monoisotopic (exact) mass is 227 g/mol. The van der Waals surface area contributed by atoms with Gasteiger partial charge in [0.25, 0.3) is 0 Å². The summed E-state index contributed by atoms with van der Waals surface area (Å²) in [5.41, 5.74) is 7.69. The number of nitrogens with two attached hydrogens (primary N) is 1. The molecule has 3 rings (SSSR count). The van der Waals surface area contributed by atoms with Crippen LogP contribution in [0.3, 0.4) is 0 Å². The molecule has 0 atom stereocenters. The number of pyridine rings is 2. The lowest BCUT2D eigenvalue weighted by Gasteiger charge is -2.00. The number of nitrogens with zero attached hydrogens (tertiary/aromatic N) is 3.